The van der Waals surface area contributed by atoms with Crippen LogP contribution in [0.3, 0.4) is 0 Å². The molecule has 0 rings (SSSR count). The second kappa shape index (κ2) is 57.8. The van der Waals surface area contributed by atoms with Crippen molar-refractivity contribution in [3.63, 3.8) is 0 Å². The molecule has 76 heavy (non-hydrogen) atoms. The number of carbonyl (C=O) groups excluding carboxylic acids is 3. The van der Waals surface area contributed by atoms with Crippen LogP contribution in [0.5, 0.6) is 0 Å². The van der Waals surface area contributed by atoms with Gasteiger partial charge >= 0.3 is 25.7 Å². The van der Waals surface area contributed by atoms with Gasteiger partial charge in [-0.05, 0) is 96.3 Å². The normalized spacial score (nSPS) is 13.9. The maximum atomic E-state index is 12.9. The molecule has 0 spiro atoms. The van der Waals surface area contributed by atoms with Crippen LogP contribution in [0.25, 0.3) is 0 Å². The quantitative estimate of drug-likeness (QED) is 0.0197. The molecule has 0 bridgehead atoms. The Morgan fingerprint density at radius 1 is 0.382 bits per heavy atom. The minimum absolute atomic E-state index is 0.126. The van der Waals surface area contributed by atoms with Crippen molar-refractivity contribution in [1.82, 2.24) is 0 Å². The fourth-order valence-corrected chi connectivity index (χ4v) is 8.96. The van der Waals surface area contributed by atoms with E-state index in [0.717, 1.165) is 116 Å². The molecule has 0 saturated heterocycles. The lowest BCUT2D eigenvalue weighted by Gasteiger charge is -2.21. The highest BCUT2D eigenvalue weighted by atomic mass is 31.2. The zero-order valence-electron chi connectivity index (χ0n) is 48.5. The van der Waals surface area contributed by atoms with Gasteiger partial charge in [-0.3, -0.25) is 23.4 Å². The predicted molar refractivity (Wildman–Crippen MR) is 316 cm³/mol. The van der Waals surface area contributed by atoms with Crippen molar-refractivity contribution in [2.24, 2.45) is 0 Å². The van der Waals surface area contributed by atoms with E-state index in [1.165, 1.54) is 89.9 Å². The Morgan fingerprint density at radius 3 is 1.09 bits per heavy atom. The topological polar surface area (TPSA) is 155 Å². The highest BCUT2D eigenvalue weighted by Gasteiger charge is 2.28. The van der Waals surface area contributed by atoms with Crippen LogP contribution in [0.4, 0.5) is 0 Å². The summed E-state index contributed by atoms with van der Waals surface area (Å²) in [5.41, 5.74) is 0. The largest absolute Gasteiger partial charge is 0.472 e. The number of ether oxygens (including phenoxy) is 3. The second-order valence-electron chi connectivity index (χ2n) is 20.1. The first-order valence-corrected chi connectivity index (χ1v) is 32.0. The summed E-state index contributed by atoms with van der Waals surface area (Å²) >= 11 is 0. The van der Waals surface area contributed by atoms with Crippen molar-refractivity contribution in [3.05, 3.63) is 85.1 Å². The summed E-state index contributed by atoms with van der Waals surface area (Å²) in [6.07, 6.45) is 66.7. The molecule has 12 heteroatoms. The number of aliphatic hydroxyl groups excluding tert-OH is 1. The molecule has 0 aliphatic carbocycles. The van der Waals surface area contributed by atoms with E-state index in [1.807, 2.05) is 0 Å². The molecular weight excluding hydrogens is 976 g/mol. The lowest BCUT2D eigenvalue weighted by molar-refractivity contribution is -0.161. The van der Waals surface area contributed by atoms with Crippen molar-refractivity contribution < 1.29 is 52.2 Å². The van der Waals surface area contributed by atoms with Gasteiger partial charge in [0.1, 0.15) is 12.7 Å². The number of aliphatic hydroxyl groups is 1. The van der Waals surface area contributed by atoms with E-state index in [2.05, 4.69) is 106 Å². The summed E-state index contributed by atoms with van der Waals surface area (Å²) in [6, 6.07) is 0. The SMILES string of the molecule is CC/C=C\C/C=C\C/C=C\C/C=C\C/C=C\CCCCCC(=O)OC(COC(=O)CCCCCCCCCCCCCCCCC)COP(=O)(O)OCC(CO)OC(=O)CCCCCCC/C=C\C/C=C\CCCCC. The highest BCUT2D eigenvalue weighted by molar-refractivity contribution is 7.47. The summed E-state index contributed by atoms with van der Waals surface area (Å²) in [6.45, 7) is 4.48. The summed E-state index contributed by atoms with van der Waals surface area (Å²) in [4.78, 5) is 48.6. The number of carbonyl (C=O) groups is 3. The maximum absolute atomic E-state index is 12.9. The Bertz CT molecular complexity index is 1600. The molecule has 0 heterocycles. The first-order valence-electron chi connectivity index (χ1n) is 30.5. The zero-order valence-corrected chi connectivity index (χ0v) is 49.3. The lowest BCUT2D eigenvalue weighted by Crippen LogP contribution is -2.30. The van der Waals surface area contributed by atoms with Gasteiger partial charge in [-0.1, -0.05) is 234 Å². The van der Waals surface area contributed by atoms with Gasteiger partial charge in [0, 0.05) is 19.3 Å². The van der Waals surface area contributed by atoms with Crippen LogP contribution in [-0.4, -0.2) is 66.5 Å². The monoisotopic (exact) mass is 1090 g/mol. The van der Waals surface area contributed by atoms with Gasteiger partial charge in [0.15, 0.2) is 6.10 Å². The van der Waals surface area contributed by atoms with E-state index >= 15 is 0 Å². The number of allylic oxidation sites excluding steroid dienone is 14. The number of rotatable bonds is 56. The molecule has 0 saturated carbocycles. The average Bonchev–Trinajstić information content (AvgIpc) is 3.41. The molecule has 438 valence electrons. The van der Waals surface area contributed by atoms with E-state index in [9.17, 15) is 28.9 Å². The molecule has 0 aromatic heterocycles. The second-order valence-corrected chi connectivity index (χ2v) is 21.6. The lowest BCUT2D eigenvalue weighted by atomic mass is 10.0. The number of unbranched alkanes of at least 4 members (excludes halogenated alkanes) is 25. The van der Waals surface area contributed by atoms with Gasteiger partial charge in [-0.25, -0.2) is 4.57 Å². The molecule has 0 fully saturated rings. The van der Waals surface area contributed by atoms with Crippen LogP contribution >= 0.6 is 7.82 Å². The van der Waals surface area contributed by atoms with E-state index in [-0.39, 0.29) is 25.9 Å². The Hall–Kier alpha value is -3.34. The van der Waals surface area contributed by atoms with Crippen LogP contribution in [0, 0.1) is 0 Å². The molecule has 0 aliphatic heterocycles. The molecule has 0 aliphatic rings. The standard InChI is InChI=1S/C64H111O11P/c1-4-7-10-13-16-19-22-25-28-29-30-31-34-37-40-43-46-49-52-55-64(68)75-61(57-71-62(66)53-50-47-44-41-38-35-32-26-23-20-17-14-11-8-5-2)59-73-76(69,70)72-58-60(56-65)74-63(67)54-51-48-45-42-39-36-33-27-24-21-18-15-12-9-6-3/h7,10,16,18-19,21,25,27-28,30-31,33,37,40,60-61,65H,4-6,8-9,11-15,17,20,22-24,26,29,32,34-36,38-39,41-59H2,1-3H3,(H,69,70)/b10-7-,19-16-,21-18-,28-25-,31-30-,33-27-,40-37-. The number of hydrogen-bond acceptors (Lipinski definition) is 10. The van der Waals surface area contributed by atoms with Crippen molar-refractivity contribution >= 4 is 25.7 Å². The highest BCUT2D eigenvalue weighted by Crippen LogP contribution is 2.43. The van der Waals surface area contributed by atoms with Crippen molar-refractivity contribution in [3.8, 4) is 0 Å². The first-order chi connectivity index (χ1) is 37.2. The van der Waals surface area contributed by atoms with Crippen molar-refractivity contribution in [1.29, 1.82) is 0 Å². The third-order valence-corrected chi connectivity index (χ3v) is 13.8. The third-order valence-electron chi connectivity index (χ3n) is 12.8. The van der Waals surface area contributed by atoms with Gasteiger partial charge in [0.2, 0.25) is 0 Å². The van der Waals surface area contributed by atoms with Gasteiger partial charge < -0.3 is 24.2 Å². The summed E-state index contributed by atoms with van der Waals surface area (Å²) in [5.74, 6) is -1.51. The van der Waals surface area contributed by atoms with Crippen LogP contribution in [0.15, 0.2) is 85.1 Å². The zero-order chi connectivity index (χ0) is 55.5. The van der Waals surface area contributed by atoms with E-state index in [4.69, 9.17) is 23.3 Å². The van der Waals surface area contributed by atoms with E-state index < -0.39 is 57.8 Å². The number of phosphoric acid groups is 1. The van der Waals surface area contributed by atoms with E-state index in [0.29, 0.717) is 19.3 Å². The Balaban J connectivity index is 4.78. The average molecular weight is 1090 g/mol. The molecule has 0 aromatic rings. The van der Waals surface area contributed by atoms with Crippen molar-refractivity contribution in [2.45, 2.75) is 277 Å². The molecule has 3 atom stereocenters. The molecule has 2 N–H and O–H groups in total. The van der Waals surface area contributed by atoms with E-state index in [1.54, 1.807) is 0 Å². The van der Waals surface area contributed by atoms with Gasteiger partial charge in [0.05, 0.1) is 19.8 Å². The van der Waals surface area contributed by atoms with Gasteiger partial charge in [-0.2, -0.15) is 0 Å². The van der Waals surface area contributed by atoms with Gasteiger partial charge in [0.25, 0.3) is 0 Å². The Morgan fingerprint density at radius 2 is 0.684 bits per heavy atom. The summed E-state index contributed by atoms with van der Waals surface area (Å²) in [5, 5.41) is 9.83. The number of hydrogen-bond donors (Lipinski definition) is 2. The molecule has 3 unspecified atom stereocenters. The van der Waals surface area contributed by atoms with Crippen LogP contribution in [-0.2, 0) is 42.2 Å². The minimum atomic E-state index is -4.76. The van der Waals surface area contributed by atoms with Crippen LogP contribution in [0.1, 0.15) is 265 Å². The Kier molecular flexibility index (Phi) is 55.3. The molecule has 0 radical (unpaired) electrons. The molecule has 0 aromatic carbocycles. The van der Waals surface area contributed by atoms with Crippen molar-refractivity contribution in [2.75, 3.05) is 26.4 Å². The molecule has 0 amide bonds. The first kappa shape index (κ1) is 72.7. The number of esters is 3. The van der Waals surface area contributed by atoms with Gasteiger partial charge in [-0.15, -0.1) is 0 Å². The molecular formula is C64H111O11P. The summed E-state index contributed by atoms with van der Waals surface area (Å²) < 4.78 is 39.6. The summed E-state index contributed by atoms with van der Waals surface area (Å²) in [7, 11) is -4.76. The number of phosphoric ester groups is 1. The predicted octanol–water partition coefficient (Wildman–Crippen LogP) is 18.3. The fourth-order valence-electron chi connectivity index (χ4n) is 8.18. The smallest absolute Gasteiger partial charge is 0.462 e. The van der Waals surface area contributed by atoms with Crippen LogP contribution < -0.4 is 0 Å². The van der Waals surface area contributed by atoms with Crippen LogP contribution in [0.2, 0.25) is 0 Å². The minimum Gasteiger partial charge on any atom is -0.462 e. The third kappa shape index (κ3) is 55.4. The Labute approximate surface area is 464 Å². The fraction of sp³-hybridized carbons (Fsp3) is 0.734. The maximum Gasteiger partial charge on any atom is 0.472 e. The molecule has 11 nitrogen and oxygen atoms in total.